The van der Waals surface area contributed by atoms with Crippen molar-refractivity contribution in [3.05, 3.63) is 18.6 Å². The average Bonchev–Trinajstić information content (AvgIpc) is 2.62. The molecule has 0 bridgehead atoms. The minimum Gasteiger partial charge on any atom is -0.392 e. The van der Waals surface area contributed by atoms with Gasteiger partial charge in [0.2, 0.25) is 0 Å². The van der Waals surface area contributed by atoms with Crippen molar-refractivity contribution in [1.29, 1.82) is 0 Å². The van der Waals surface area contributed by atoms with Crippen LogP contribution in [-0.4, -0.2) is 39.2 Å². The molecule has 2 aromatic heterocycles. The Morgan fingerprint density at radius 2 is 2.38 bits per heavy atom. The maximum atomic E-state index is 9.35. The van der Waals surface area contributed by atoms with E-state index in [9.17, 15) is 5.11 Å². The summed E-state index contributed by atoms with van der Waals surface area (Å²) in [5.74, 6) is 1.10. The summed E-state index contributed by atoms with van der Waals surface area (Å²) in [6.07, 6.45) is 4.79. The molecule has 2 heterocycles. The van der Waals surface area contributed by atoms with Gasteiger partial charge in [-0.05, 0) is 6.92 Å². The Balaban J connectivity index is 2.45. The van der Waals surface area contributed by atoms with E-state index in [0.29, 0.717) is 18.2 Å². The third-order valence-corrected chi connectivity index (χ3v) is 2.27. The summed E-state index contributed by atoms with van der Waals surface area (Å²) in [4.78, 5) is 10.3. The molecule has 1 atom stereocenters. The van der Waals surface area contributed by atoms with E-state index in [1.54, 1.807) is 19.3 Å². The Labute approximate surface area is 93.3 Å². The number of hydrogen-bond donors (Lipinski definition) is 2. The number of nitrogens with zero attached hydrogens (tertiary/aromatic N) is 4. The topological polar surface area (TPSA) is 79.7 Å². The van der Waals surface area contributed by atoms with Crippen molar-refractivity contribution in [2.75, 3.05) is 24.2 Å². The lowest BCUT2D eigenvalue weighted by Crippen LogP contribution is -2.28. The molecule has 2 aromatic rings. The maximum Gasteiger partial charge on any atom is 0.180 e. The van der Waals surface area contributed by atoms with Gasteiger partial charge in [0, 0.05) is 26.0 Å². The zero-order valence-corrected chi connectivity index (χ0v) is 9.33. The largest absolute Gasteiger partial charge is 0.392 e. The Morgan fingerprint density at radius 3 is 3.06 bits per heavy atom. The first-order chi connectivity index (χ1) is 7.58. The van der Waals surface area contributed by atoms with Crippen molar-refractivity contribution < 1.29 is 5.11 Å². The molecule has 0 radical (unpaired) electrons. The van der Waals surface area contributed by atoms with Crippen molar-refractivity contribution >= 4 is 17.3 Å². The summed E-state index contributed by atoms with van der Waals surface area (Å²) < 4.78 is 1.82. The number of anilines is 2. The molecule has 0 saturated carbocycles. The van der Waals surface area contributed by atoms with E-state index in [0.717, 1.165) is 5.65 Å². The highest BCUT2D eigenvalue weighted by Crippen LogP contribution is 2.18. The van der Waals surface area contributed by atoms with Crippen LogP contribution < -0.4 is 10.6 Å². The van der Waals surface area contributed by atoms with Crippen molar-refractivity contribution in [3.63, 3.8) is 0 Å². The summed E-state index contributed by atoms with van der Waals surface area (Å²) in [7, 11) is 1.85. The number of aromatic nitrogens is 3. The number of rotatable bonds is 3. The number of hydrogen-bond acceptors (Lipinski definition) is 5. The van der Waals surface area contributed by atoms with Crippen molar-refractivity contribution in [3.8, 4) is 0 Å². The monoisotopic (exact) mass is 221 g/mol. The molecule has 3 N–H and O–H groups in total. The first-order valence-electron chi connectivity index (χ1n) is 5.06. The van der Waals surface area contributed by atoms with E-state index < -0.39 is 6.10 Å². The van der Waals surface area contributed by atoms with Gasteiger partial charge in [-0.2, -0.15) is 0 Å². The predicted octanol–water partition coefficient (Wildman–Crippen LogP) is 0.128. The van der Waals surface area contributed by atoms with Crippen molar-refractivity contribution in [2.45, 2.75) is 13.0 Å². The van der Waals surface area contributed by atoms with Gasteiger partial charge < -0.3 is 20.1 Å². The molecule has 0 aromatic carbocycles. The average molecular weight is 221 g/mol. The molecule has 0 spiro atoms. The van der Waals surface area contributed by atoms with Gasteiger partial charge in [0.15, 0.2) is 11.5 Å². The number of fused-ring (bicyclic) bond motifs is 1. The molecule has 0 amide bonds. The number of nitrogen functional groups attached to an aromatic ring is 1. The maximum absolute atomic E-state index is 9.35. The number of aliphatic hydroxyl groups excluding tert-OH is 1. The molecule has 86 valence electrons. The Hall–Kier alpha value is -1.82. The first-order valence-corrected chi connectivity index (χ1v) is 5.06. The van der Waals surface area contributed by atoms with E-state index in [1.165, 1.54) is 0 Å². The van der Waals surface area contributed by atoms with Gasteiger partial charge in [-0.25, -0.2) is 9.97 Å². The summed E-state index contributed by atoms with van der Waals surface area (Å²) in [6, 6.07) is 0. The van der Waals surface area contributed by atoms with E-state index in [2.05, 4.69) is 9.97 Å². The molecule has 0 aliphatic heterocycles. The lowest BCUT2D eigenvalue weighted by atomic mass is 10.3. The number of imidazole rings is 1. The SMILES string of the molecule is CC(O)CN(C)c1nc(N)cn2ccnc12. The molecular formula is C10H15N5O. The van der Waals surface area contributed by atoms with Gasteiger partial charge in [0.05, 0.1) is 12.3 Å². The predicted molar refractivity (Wildman–Crippen MR) is 62.4 cm³/mol. The van der Waals surface area contributed by atoms with Crippen LogP contribution in [0.5, 0.6) is 0 Å². The van der Waals surface area contributed by atoms with E-state index in [4.69, 9.17) is 5.73 Å². The van der Waals surface area contributed by atoms with Gasteiger partial charge in [-0.15, -0.1) is 0 Å². The zero-order chi connectivity index (χ0) is 11.7. The number of nitrogens with two attached hydrogens (primary N) is 1. The molecule has 16 heavy (non-hydrogen) atoms. The van der Waals surface area contributed by atoms with Crippen LogP contribution in [0.15, 0.2) is 18.6 Å². The fourth-order valence-corrected chi connectivity index (χ4v) is 1.67. The zero-order valence-electron chi connectivity index (χ0n) is 9.33. The van der Waals surface area contributed by atoms with E-state index in [1.807, 2.05) is 22.5 Å². The molecule has 0 fully saturated rings. The summed E-state index contributed by atoms with van der Waals surface area (Å²) in [5.41, 5.74) is 6.44. The van der Waals surface area contributed by atoms with Gasteiger partial charge in [0.25, 0.3) is 0 Å². The highest BCUT2D eigenvalue weighted by atomic mass is 16.3. The van der Waals surface area contributed by atoms with Crippen LogP contribution >= 0.6 is 0 Å². The number of aliphatic hydroxyl groups is 1. The molecule has 0 aliphatic carbocycles. The third-order valence-electron chi connectivity index (χ3n) is 2.27. The third kappa shape index (κ3) is 1.92. The van der Waals surface area contributed by atoms with Crippen LogP contribution in [0.3, 0.4) is 0 Å². The lowest BCUT2D eigenvalue weighted by molar-refractivity contribution is 0.201. The highest BCUT2D eigenvalue weighted by molar-refractivity contribution is 5.65. The standard InChI is InChI=1S/C10H15N5O/c1-7(16)5-14(2)10-9-12-3-4-15(9)6-8(11)13-10/h3-4,6-7,16H,5,11H2,1-2H3. The molecule has 6 heteroatoms. The van der Waals surface area contributed by atoms with Crippen LogP contribution in [-0.2, 0) is 0 Å². The van der Waals surface area contributed by atoms with Crippen molar-refractivity contribution in [1.82, 2.24) is 14.4 Å². The Kier molecular flexibility index (Phi) is 2.66. The Morgan fingerprint density at radius 1 is 1.62 bits per heavy atom. The van der Waals surface area contributed by atoms with E-state index >= 15 is 0 Å². The summed E-state index contributed by atoms with van der Waals surface area (Å²) >= 11 is 0. The van der Waals surface area contributed by atoms with Crippen molar-refractivity contribution in [2.24, 2.45) is 0 Å². The van der Waals surface area contributed by atoms with Gasteiger partial charge in [-0.3, -0.25) is 0 Å². The van der Waals surface area contributed by atoms with Crippen LogP contribution in [0.1, 0.15) is 6.92 Å². The normalized spacial score (nSPS) is 12.9. The molecule has 0 aliphatic rings. The minimum absolute atomic E-state index is 0.428. The second-order valence-electron chi connectivity index (χ2n) is 3.88. The van der Waals surface area contributed by atoms with Crippen LogP contribution in [0.4, 0.5) is 11.6 Å². The summed E-state index contributed by atoms with van der Waals surface area (Å²) in [5, 5.41) is 9.35. The molecular weight excluding hydrogens is 206 g/mol. The number of likely N-dealkylation sites (N-methyl/N-ethyl adjacent to an activating group) is 1. The lowest BCUT2D eigenvalue weighted by Gasteiger charge is -2.20. The highest BCUT2D eigenvalue weighted by Gasteiger charge is 2.12. The molecule has 2 rings (SSSR count). The second-order valence-corrected chi connectivity index (χ2v) is 3.88. The second kappa shape index (κ2) is 3.97. The first kappa shape index (κ1) is 10.7. The van der Waals surface area contributed by atoms with Crippen LogP contribution in [0.25, 0.3) is 5.65 Å². The molecule has 6 nitrogen and oxygen atoms in total. The minimum atomic E-state index is -0.428. The van der Waals surface area contributed by atoms with Gasteiger partial charge in [-0.1, -0.05) is 0 Å². The van der Waals surface area contributed by atoms with E-state index in [-0.39, 0.29) is 0 Å². The molecule has 1 unspecified atom stereocenters. The fraction of sp³-hybridized carbons (Fsp3) is 0.400. The fourth-order valence-electron chi connectivity index (χ4n) is 1.67. The smallest absolute Gasteiger partial charge is 0.180 e. The molecule has 0 saturated heterocycles. The van der Waals surface area contributed by atoms with Crippen LogP contribution in [0, 0.1) is 0 Å². The van der Waals surface area contributed by atoms with Gasteiger partial charge >= 0.3 is 0 Å². The van der Waals surface area contributed by atoms with Gasteiger partial charge in [0.1, 0.15) is 5.82 Å². The van der Waals surface area contributed by atoms with Crippen LogP contribution in [0.2, 0.25) is 0 Å². The Bertz CT molecular complexity index is 493. The summed E-state index contributed by atoms with van der Waals surface area (Å²) in [6.45, 7) is 2.21. The quantitative estimate of drug-likeness (QED) is 0.770.